The Hall–Kier alpha value is -3.37. The average molecular weight is 468 g/mol. The summed E-state index contributed by atoms with van der Waals surface area (Å²) in [5, 5.41) is 1.85. The Kier molecular flexibility index (Phi) is 6.01. The maximum atomic E-state index is 13.1. The third-order valence-electron chi connectivity index (χ3n) is 5.70. The Morgan fingerprint density at radius 3 is 2.73 bits per heavy atom. The number of fused-ring (bicyclic) bond motifs is 1. The summed E-state index contributed by atoms with van der Waals surface area (Å²) in [4.78, 5) is 38.4. The molecule has 0 unspecified atom stereocenters. The molecule has 1 aromatic carbocycles. The standard InChI is InChI=1S/C23H22FN5O3S/c24-17-3-1-16(2-4-17)19-14-25-20(32-19)5-6-21(30)28-9-7-27(8-10-28)15-18-13-22(31)29-11-12-33-23(29)26-18/h1-4,11-14H,5-10,15H2. The van der Waals surface area contributed by atoms with Crippen LogP contribution < -0.4 is 5.56 Å². The SMILES string of the molecule is O=C(CCc1ncc(-c2ccc(F)cc2)o1)N1CCN(Cc2cc(=O)n3ccsc3n2)CC1. The second-order valence-corrected chi connectivity index (χ2v) is 8.80. The van der Waals surface area contributed by atoms with Gasteiger partial charge in [-0.25, -0.2) is 14.4 Å². The van der Waals surface area contributed by atoms with Crippen LogP contribution in [0, 0.1) is 5.82 Å². The number of aryl methyl sites for hydroxylation is 1. The molecule has 0 spiro atoms. The minimum atomic E-state index is -0.307. The molecule has 0 bridgehead atoms. The second-order valence-electron chi connectivity index (χ2n) is 7.92. The van der Waals surface area contributed by atoms with Crippen LogP contribution in [0.25, 0.3) is 16.3 Å². The topological polar surface area (TPSA) is 84.0 Å². The highest BCUT2D eigenvalue weighted by atomic mass is 32.1. The molecule has 4 aromatic rings. The molecule has 1 saturated heterocycles. The number of oxazole rings is 1. The van der Waals surface area contributed by atoms with Crippen LogP contribution in [0.5, 0.6) is 0 Å². The van der Waals surface area contributed by atoms with Crippen molar-refractivity contribution in [2.24, 2.45) is 0 Å². The van der Waals surface area contributed by atoms with Gasteiger partial charge in [0.05, 0.1) is 11.9 Å². The number of nitrogens with zero attached hydrogens (tertiary/aromatic N) is 5. The monoisotopic (exact) mass is 467 g/mol. The van der Waals surface area contributed by atoms with Crippen molar-refractivity contribution in [1.82, 2.24) is 24.2 Å². The van der Waals surface area contributed by atoms with Crippen LogP contribution in [0.3, 0.4) is 0 Å². The average Bonchev–Trinajstić information content (AvgIpc) is 3.48. The normalized spacial score (nSPS) is 14.8. The number of hydrogen-bond acceptors (Lipinski definition) is 7. The van der Waals surface area contributed by atoms with Gasteiger partial charge < -0.3 is 9.32 Å². The maximum Gasteiger partial charge on any atom is 0.258 e. The van der Waals surface area contributed by atoms with E-state index in [0.29, 0.717) is 49.1 Å². The van der Waals surface area contributed by atoms with Gasteiger partial charge in [0, 0.05) is 68.8 Å². The number of amides is 1. The van der Waals surface area contributed by atoms with Crippen LogP contribution in [0.4, 0.5) is 4.39 Å². The van der Waals surface area contributed by atoms with E-state index >= 15 is 0 Å². The van der Waals surface area contributed by atoms with Crippen LogP contribution in [-0.2, 0) is 17.8 Å². The lowest BCUT2D eigenvalue weighted by molar-refractivity contribution is -0.133. The predicted molar refractivity (Wildman–Crippen MR) is 121 cm³/mol. The fourth-order valence-corrected chi connectivity index (χ4v) is 4.64. The van der Waals surface area contributed by atoms with Gasteiger partial charge in [-0.05, 0) is 24.3 Å². The van der Waals surface area contributed by atoms with Gasteiger partial charge >= 0.3 is 0 Å². The zero-order valence-corrected chi connectivity index (χ0v) is 18.6. The zero-order valence-electron chi connectivity index (χ0n) is 17.8. The molecular weight excluding hydrogens is 445 g/mol. The minimum absolute atomic E-state index is 0.0626. The Balaban J connectivity index is 1.11. The third-order valence-corrected chi connectivity index (χ3v) is 6.46. The van der Waals surface area contributed by atoms with E-state index in [9.17, 15) is 14.0 Å². The van der Waals surface area contributed by atoms with Crippen LogP contribution in [0.15, 0.2) is 57.3 Å². The van der Waals surface area contributed by atoms with E-state index in [4.69, 9.17) is 4.42 Å². The maximum absolute atomic E-state index is 13.1. The molecule has 0 radical (unpaired) electrons. The highest BCUT2D eigenvalue weighted by Crippen LogP contribution is 2.21. The van der Waals surface area contributed by atoms with Gasteiger partial charge in [-0.1, -0.05) is 0 Å². The van der Waals surface area contributed by atoms with Gasteiger partial charge in [0.1, 0.15) is 5.82 Å². The first-order chi connectivity index (χ1) is 16.0. The van der Waals surface area contributed by atoms with Crippen LogP contribution in [0.1, 0.15) is 18.0 Å². The summed E-state index contributed by atoms with van der Waals surface area (Å²) in [6.45, 7) is 3.31. The lowest BCUT2D eigenvalue weighted by atomic mass is 10.2. The van der Waals surface area contributed by atoms with Crippen molar-refractivity contribution in [2.75, 3.05) is 26.2 Å². The number of aromatic nitrogens is 3. The molecule has 8 nitrogen and oxygen atoms in total. The van der Waals surface area contributed by atoms with Crippen molar-refractivity contribution in [3.8, 4) is 11.3 Å². The van der Waals surface area contributed by atoms with Gasteiger partial charge in [0.25, 0.3) is 5.56 Å². The predicted octanol–water partition coefficient (Wildman–Crippen LogP) is 2.83. The molecule has 0 N–H and O–H groups in total. The van der Waals surface area contributed by atoms with Crippen molar-refractivity contribution in [3.63, 3.8) is 0 Å². The van der Waals surface area contributed by atoms with Crippen LogP contribution in [-0.4, -0.2) is 56.3 Å². The van der Waals surface area contributed by atoms with E-state index in [-0.39, 0.29) is 17.3 Å². The summed E-state index contributed by atoms with van der Waals surface area (Å²) in [6, 6.07) is 7.59. The number of benzene rings is 1. The summed E-state index contributed by atoms with van der Waals surface area (Å²) >= 11 is 1.44. The van der Waals surface area contributed by atoms with E-state index in [2.05, 4.69) is 14.9 Å². The third kappa shape index (κ3) is 4.86. The summed E-state index contributed by atoms with van der Waals surface area (Å²) in [5.41, 5.74) is 1.43. The van der Waals surface area contributed by atoms with Crippen LogP contribution >= 0.6 is 11.3 Å². The largest absolute Gasteiger partial charge is 0.441 e. The van der Waals surface area contributed by atoms with Gasteiger partial charge in [-0.15, -0.1) is 11.3 Å². The highest BCUT2D eigenvalue weighted by molar-refractivity contribution is 7.15. The molecule has 1 aliphatic rings. The smallest absolute Gasteiger partial charge is 0.258 e. The summed E-state index contributed by atoms with van der Waals surface area (Å²) in [6.07, 6.45) is 4.05. The van der Waals surface area contributed by atoms with Gasteiger partial charge in [-0.2, -0.15) is 0 Å². The Labute approximate surface area is 192 Å². The minimum Gasteiger partial charge on any atom is -0.441 e. The lowest BCUT2D eigenvalue weighted by Crippen LogP contribution is -2.48. The number of thiazole rings is 1. The first kappa shape index (κ1) is 21.5. The van der Waals surface area contributed by atoms with Crippen molar-refractivity contribution >= 4 is 22.2 Å². The molecule has 170 valence electrons. The summed E-state index contributed by atoms with van der Waals surface area (Å²) in [7, 11) is 0. The fourth-order valence-electron chi connectivity index (χ4n) is 3.90. The van der Waals surface area contributed by atoms with E-state index in [1.54, 1.807) is 35.0 Å². The Morgan fingerprint density at radius 2 is 1.94 bits per heavy atom. The quantitative estimate of drug-likeness (QED) is 0.434. The van der Waals surface area contributed by atoms with Crippen molar-refractivity contribution in [3.05, 3.63) is 75.9 Å². The first-order valence-electron chi connectivity index (χ1n) is 10.7. The van der Waals surface area contributed by atoms with Crippen LogP contribution in [0.2, 0.25) is 0 Å². The van der Waals surface area contributed by atoms with E-state index < -0.39 is 0 Å². The van der Waals surface area contributed by atoms with Gasteiger partial charge in [0.15, 0.2) is 16.6 Å². The molecule has 1 aliphatic heterocycles. The molecule has 0 aliphatic carbocycles. The molecule has 10 heteroatoms. The summed E-state index contributed by atoms with van der Waals surface area (Å²) in [5.74, 6) is 0.799. The van der Waals surface area contributed by atoms with E-state index in [1.165, 1.54) is 23.5 Å². The van der Waals surface area contributed by atoms with Crippen molar-refractivity contribution < 1.29 is 13.6 Å². The van der Waals surface area contributed by atoms with Gasteiger partial charge in [0.2, 0.25) is 5.91 Å². The van der Waals surface area contributed by atoms with Crippen molar-refractivity contribution in [2.45, 2.75) is 19.4 Å². The van der Waals surface area contributed by atoms with Crippen molar-refractivity contribution in [1.29, 1.82) is 0 Å². The number of piperazine rings is 1. The number of halogens is 1. The molecular formula is C23H22FN5O3S. The Morgan fingerprint density at radius 1 is 1.15 bits per heavy atom. The van der Waals surface area contributed by atoms with E-state index in [0.717, 1.165) is 24.3 Å². The molecule has 1 fully saturated rings. The highest BCUT2D eigenvalue weighted by Gasteiger charge is 2.22. The molecule has 33 heavy (non-hydrogen) atoms. The summed E-state index contributed by atoms with van der Waals surface area (Å²) < 4.78 is 20.3. The first-order valence-corrected chi connectivity index (χ1v) is 11.6. The number of carbonyl (C=O) groups excluding carboxylic acids is 1. The van der Waals surface area contributed by atoms with Gasteiger partial charge in [-0.3, -0.25) is 18.9 Å². The molecule has 0 atom stereocenters. The zero-order chi connectivity index (χ0) is 22.8. The number of carbonyl (C=O) groups is 1. The molecule has 0 saturated carbocycles. The lowest BCUT2D eigenvalue weighted by Gasteiger charge is -2.34. The molecule has 5 rings (SSSR count). The van der Waals surface area contributed by atoms with E-state index in [1.807, 2.05) is 10.3 Å². The molecule has 1 amide bonds. The fraction of sp³-hybridized carbons (Fsp3) is 0.304. The second kappa shape index (κ2) is 9.24. The Bertz CT molecular complexity index is 1320. The molecule has 3 aromatic heterocycles. The number of rotatable bonds is 6. The number of hydrogen-bond donors (Lipinski definition) is 0. The molecule has 4 heterocycles.